The van der Waals surface area contributed by atoms with Crippen LogP contribution < -0.4 is 10.2 Å². The maximum absolute atomic E-state index is 14.2. The van der Waals surface area contributed by atoms with Crippen LogP contribution in [0.1, 0.15) is 90.3 Å². The number of benzene rings is 2. The average molecular weight is 538 g/mol. The molecule has 2 aromatic carbocycles. The van der Waals surface area contributed by atoms with Crippen molar-refractivity contribution in [2.75, 3.05) is 4.90 Å². The second-order valence-electron chi connectivity index (χ2n) is 12.0. The molecule has 0 saturated heterocycles. The molecule has 0 spiro atoms. The van der Waals surface area contributed by atoms with E-state index in [9.17, 15) is 18.0 Å². The van der Waals surface area contributed by atoms with Gasteiger partial charge >= 0.3 is 6.18 Å². The van der Waals surface area contributed by atoms with E-state index in [1.54, 1.807) is 18.5 Å². The molecule has 0 unspecified atom stereocenters. The number of fused-ring (bicyclic) bond motifs is 1. The lowest BCUT2D eigenvalue weighted by molar-refractivity contribution is -0.138. The summed E-state index contributed by atoms with van der Waals surface area (Å²) in [6, 6.07) is 10.5. The van der Waals surface area contributed by atoms with Crippen molar-refractivity contribution < 1.29 is 18.0 Å². The summed E-state index contributed by atoms with van der Waals surface area (Å²) < 4.78 is 44.5. The standard InChI is InChI=1S/C30H34F3N5O/c1-18-10-21(11-18)26(27-36-35-17-37(27)3)20-6-4-7-22(14-20)38-16-24-23(28(38)39)12-19(13-25(24)30(31,32)33)15-34-29(2)8-5-9-29/h4,6-7,12-14,17-18,21,26,34H,5,8-11,15-16H2,1-3H3/t18?,21?,26-/m0/s1. The Balaban J connectivity index is 1.33. The molecule has 1 amide bonds. The number of hydrogen-bond donors (Lipinski definition) is 1. The summed E-state index contributed by atoms with van der Waals surface area (Å²) in [7, 11) is 1.92. The van der Waals surface area contributed by atoms with Gasteiger partial charge in [0.15, 0.2) is 0 Å². The number of carbonyl (C=O) groups is 1. The zero-order valence-electron chi connectivity index (χ0n) is 22.6. The van der Waals surface area contributed by atoms with Gasteiger partial charge in [-0.1, -0.05) is 19.1 Å². The summed E-state index contributed by atoms with van der Waals surface area (Å²) >= 11 is 0. The number of aryl methyl sites for hydroxylation is 1. The zero-order chi connectivity index (χ0) is 27.5. The van der Waals surface area contributed by atoms with Crippen LogP contribution in [0.5, 0.6) is 0 Å². The van der Waals surface area contributed by atoms with Crippen LogP contribution in [-0.2, 0) is 26.3 Å². The Kier molecular flexibility index (Phi) is 6.32. The first-order valence-electron chi connectivity index (χ1n) is 13.8. The van der Waals surface area contributed by atoms with Crippen LogP contribution in [0.25, 0.3) is 0 Å². The highest BCUT2D eigenvalue weighted by Crippen LogP contribution is 2.47. The fourth-order valence-corrected chi connectivity index (χ4v) is 6.56. The smallest absolute Gasteiger partial charge is 0.320 e. The van der Waals surface area contributed by atoms with Gasteiger partial charge < -0.3 is 14.8 Å². The third-order valence-electron chi connectivity index (χ3n) is 9.03. The highest BCUT2D eigenvalue weighted by atomic mass is 19.4. The van der Waals surface area contributed by atoms with Crippen molar-refractivity contribution in [2.45, 2.75) is 76.7 Å². The largest absolute Gasteiger partial charge is 0.416 e. The van der Waals surface area contributed by atoms with Crippen molar-refractivity contribution in [3.8, 4) is 0 Å². The SMILES string of the molecule is CC1CC([C@H](c2cccc(N3Cc4c(cc(CNC5(C)CCC5)cc4C(F)(F)F)C3=O)c2)c2nncn2C)C1. The van der Waals surface area contributed by atoms with Crippen LogP contribution in [0, 0.1) is 11.8 Å². The lowest BCUT2D eigenvalue weighted by atomic mass is 9.67. The predicted octanol–water partition coefficient (Wildman–Crippen LogP) is 6.20. The number of carbonyl (C=O) groups excluding carboxylic acids is 1. The Morgan fingerprint density at radius 3 is 2.56 bits per heavy atom. The van der Waals surface area contributed by atoms with Gasteiger partial charge in [0.25, 0.3) is 5.91 Å². The summed E-state index contributed by atoms with van der Waals surface area (Å²) in [5, 5.41) is 11.9. The number of rotatable bonds is 7. The third kappa shape index (κ3) is 4.75. The fourth-order valence-electron chi connectivity index (χ4n) is 6.56. The van der Waals surface area contributed by atoms with Gasteiger partial charge in [-0.05, 0) is 91.8 Å². The van der Waals surface area contributed by atoms with Gasteiger partial charge in [0.1, 0.15) is 12.2 Å². The molecule has 2 fully saturated rings. The average Bonchev–Trinajstić information content (AvgIpc) is 3.43. The number of alkyl halides is 3. The summed E-state index contributed by atoms with van der Waals surface area (Å²) in [6.07, 6.45) is 2.40. The first-order chi connectivity index (χ1) is 18.5. The zero-order valence-corrected chi connectivity index (χ0v) is 22.6. The number of nitrogens with zero attached hydrogens (tertiary/aromatic N) is 4. The molecule has 3 aliphatic rings. The molecule has 9 heteroatoms. The topological polar surface area (TPSA) is 63.1 Å². The van der Waals surface area contributed by atoms with Gasteiger partial charge in [-0.3, -0.25) is 4.79 Å². The molecular formula is C30H34F3N5O. The van der Waals surface area contributed by atoms with Crippen LogP contribution in [-0.4, -0.2) is 26.2 Å². The van der Waals surface area contributed by atoms with E-state index in [4.69, 9.17) is 0 Å². The first-order valence-corrected chi connectivity index (χ1v) is 13.8. The predicted molar refractivity (Wildman–Crippen MR) is 142 cm³/mol. The minimum atomic E-state index is -4.55. The van der Waals surface area contributed by atoms with Gasteiger partial charge in [0.2, 0.25) is 0 Å². The quantitative estimate of drug-likeness (QED) is 0.390. The highest BCUT2D eigenvalue weighted by molar-refractivity contribution is 6.10. The molecule has 6 rings (SSSR count). The molecule has 0 bridgehead atoms. The van der Waals surface area contributed by atoms with E-state index in [0.717, 1.165) is 43.5 Å². The van der Waals surface area contributed by atoms with E-state index >= 15 is 0 Å². The van der Waals surface area contributed by atoms with Crippen LogP contribution in [0.4, 0.5) is 18.9 Å². The minimum absolute atomic E-state index is 0.00464. The molecule has 0 radical (unpaired) electrons. The highest BCUT2D eigenvalue weighted by Gasteiger charge is 2.42. The molecule has 2 heterocycles. The molecular weight excluding hydrogens is 503 g/mol. The maximum atomic E-state index is 14.2. The lowest BCUT2D eigenvalue weighted by Gasteiger charge is -2.39. The van der Waals surface area contributed by atoms with E-state index in [-0.39, 0.29) is 29.1 Å². The monoisotopic (exact) mass is 537 g/mol. The number of hydrogen-bond acceptors (Lipinski definition) is 4. The van der Waals surface area contributed by atoms with Crippen LogP contribution in [0.3, 0.4) is 0 Å². The van der Waals surface area contributed by atoms with Gasteiger partial charge in [0, 0.05) is 36.3 Å². The molecule has 1 aliphatic heterocycles. The molecule has 6 nitrogen and oxygen atoms in total. The van der Waals surface area contributed by atoms with Gasteiger partial charge in [-0.25, -0.2) is 0 Å². The number of aromatic nitrogens is 3. The number of nitrogens with one attached hydrogen (secondary N) is 1. The van der Waals surface area contributed by atoms with E-state index in [1.807, 2.05) is 29.8 Å². The molecule has 2 saturated carbocycles. The molecule has 1 aromatic heterocycles. The van der Waals surface area contributed by atoms with Crippen LogP contribution in [0.15, 0.2) is 42.7 Å². The number of amides is 1. The summed E-state index contributed by atoms with van der Waals surface area (Å²) in [5.74, 6) is 1.51. The fraction of sp³-hybridized carbons (Fsp3) is 0.500. The van der Waals surface area contributed by atoms with Crippen molar-refractivity contribution in [1.29, 1.82) is 0 Å². The van der Waals surface area contributed by atoms with Crippen LogP contribution >= 0.6 is 0 Å². The molecule has 3 aromatic rings. The summed E-state index contributed by atoms with van der Waals surface area (Å²) in [4.78, 5) is 15.1. The van der Waals surface area contributed by atoms with Crippen molar-refractivity contribution in [1.82, 2.24) is 20.1 Å². The van der Waals surface area contributed by atoms with Crippen LogP contribution in [0.2, 0.25) is 0 Å². The Bertz CT molecular complexity index is 1400. The van der Waals surface area contributed by atoms with Crippen molar-refractivity contribution in [3.05, 3.63) is 76.4 Å². The molecule has 2 aliphatic carbocycles. The number of halogens is 3. The Morgan fingerprint density at radius 1 is 1.18 bits per heavy atom. The third-order valence-corrected chi connectivity index (χ3v) is 9.03. The Morgan fingerprint density at radius 2 is 1.95 bits per heavy atom. The van der Waals surface area contributed by atoms with Crippen molar-refractivity contribution in [3.63, 3.8) is 0 Å². The van der Waals surface area contributed by atoms with E-state index in [2.05, 4.69) is 29.4 Å². The second kappa shape index (κ2) is 9.47. The normalized spacial score (nSPS) is 22.8. The molecule has 206 valence electrons. The summed E-state index contributed by atoms with van der Waals surface area (Å²) in [6.45, 7) is 4.52. The molecule has 1 atom stereocenters. The Labute approximate surface area is 226 Å². The molecule has 39 heavy (non-hydrogen) atoms. The van der Waals surface area contributed by atoms with Crippen molar-refractivity contribution >= 4 is 11.6 Å². The van der Waals surface area contributed by atoms with Gasteiger partial charge in [-0.2, -0.15) is 13.2 Å². The van der Waals surface area contributed by atoms with E-state index in [1.165, 1.54) is 11.0 Å². The first kappa shape index (κ1) is 26.0. The van der Waals surface area contributed by atoms with Gasteiger partial charge in [0.05, 0.1) is 12.1 Å². The molecule has 1 N–H and O–H groups in total. The summed E-state index contributed by atoms with van der Waals surface area (Å²) in [5.41, 5.74) is 1.51. The van der Waals surface area contributed by atoms with E-state index in [0.29, 0.717) is 29.6 Å². The van der Waals surface area contributed by atoms with Gasteiger partial charge in [-0.15, -0.1) is 10.2 Å². The lowest BCUT2D eigenvalue weighted by Crippen LogP contribution is -2.47. The Hall–Kier alpha value is -3.20. The minimum Gasteiger partial charge on any atom is -0.320 e. The second-order valence-corrected chi connectivity index (χ2v) is 12.0. The maximum Gasteiger partial charge on any atom is 0.416 e. The number of anilines is 1. The van der Waals surface area contributed by atoms with E-state index < -0.39 is 17.6 Å². The van der Waals surface area contributed by atoms with Crippen molar-refractivity contribution in [2.24, 2.45) is 18.9 Å².